The van der Waals surface area contributed by atoms with Crippen molar-refractivity contribution in [2.24, 2.45) is 0 Å². The van der Waals surface area contributed by atoms with Crippen LogP contribution in [0.3, 0.4) is 0 Å². The summed E-state index contributed by atoms with van der Waals surface area (Å²) in [6, 6.07) is 9.95. The molecule has 0 bridgehead atoms. The third kappa shape index (κ3) is 2.60. The van der Waals surface area contributed by atoms with Gasteiger partial charge in [0.15, 0.2) is 5.65 Å². The Bertz CT molecular complexity index is 1120. The molecule has 134 valence electrons. The first kappa shape index (κ1) is 16.8. The fourth-order valence-corrected chi connectivity index (χ4v) is 3.68. The number of fused-ring (bicyclic) bond motifs is 2. The Hall–Kier alpha value is -2.64. The lowest BCUT2D eigenvalue weighted by Crippen LogP contribution is -2.35. The first-order chi connectivity index (χ1) is 12.3. The monoisotopic (exact) mass is 370 g/mol. The normalized spacial score (nSPS) is 17.5. The third-order valence-electron chi connectivity index (χ3n) is 4.90. The van der Waals surface area contributed by atoms with Crippen molar-refractivity contribution in [3.05, 3.63) is 53.2 Å². The Morgan fingerprint density at radius 2 is 2.12 bits per heavy atom. The number of halogens is 1. The van der Waals surface area contributed by atoms with Gasteiger partial charge in [0, 0.05) is 18.3 Å². The Labute approximate surface area is 155 Å². The molecule has 0 saturated carbocycles. The number of hydrogen-bond acceptors (Lipinski definition) is 4. The molecule has 5 rings (SSSR count). The molecule has 1 aliphatic heterocycles. The summed E-state index contributed by atoms with van der Waals surface area (Å²) in [6.45, 7) is 1.81. The Kier molecular flexibility index (Phi) is 4.26. The molecule has 0 aromatic carbocycles. The Balaban J connectivity index is 0.00000168. The van der Waals surface area contributed by atoms with Crippen LogP contribution in [0.1, 0.15) is 18.9 Å². The molecule has 0 spiro atoms. The molecule has 5 heterocycles. The first-order valence-corrected chi connectivity index (χ1v) is 8.56. The van der Waals surface area contributed by atoms with Crippen LogP contribution in [0.15, 0.2) is 47.5 Å². The zero-order valence-electron chi connectivity index (χ0n) is 14.1. The standard InChI is InChI=1S/C18H18N6O.ClH/c25-18-22-15-7-6-14(13-11-20-23-9-2-1-5-16(13)23)21-17(15)24(18)12-4-3-8-19-10-12;/h1-2,5-7,9,11-12,19H,3-4,8,10H2,(H,22,25);1H/t12-;/m0./s1. The Morgan fingerprint density at radius 1 is 1.19 bits per heavy atom. The number of rotatable bonds is 2. The molecular formula is C18H19ClN6O. The highest BCUT2D eigenvalue weighted by Crippen LogP contribution is 2.26. The second-order valence-electron chi connectivity index (χ2n) is 6.46. The van der Waals surface area contributed by atoms with Gasteiger partial charge in [-0.1, -0.05) is 6.07 Å². The summed E-state index contributed by atoms with van der Waals surface area (Å²) in [4.78, 5) is 20.2. The summed E-state index contributed by atoms with van der Waals surface area (Å²) in [7, 11) is 0. The maximum Gasteiger partial charge on any atom is 0.327 e. The van der Waals surface area contributed by atoms with Gasteiger partial charge in [0.05, 0.1) is 29.0 Å². The van der Waals surface area contributed by atoms with Crippen molar-refractivity contribution in [1.29, 1.82) is 0 Å². The van der Waals surface area contributed by atoms with Crippen LogP contribution < -0.4 is 11.0 Å². The number of pyridine rings is 2. The van der Waals surface area contributed by atoms with Crippen molar-refractivity contribution >= 4 is 29.1 Å². The molecule has 0 amide bonds. The van der Waals surface area contributed by atoms with Gasteiger partial charge in [0.1, 0.15) is 0 Å². The number of aromatic nitrogens is 5. The van der Waals surface area contributed by atoms with Gasteiger partial charge in [0.2, 0.25) is 0 Å². The van der Waals surface area contributed by atoms with Gasteiger partial charge in [-0.2, -0.15) is 5.10 Å². The number of nitrogens with one attached hydrogen (secondary N) is 2. The third-order valence-corrected chi connectivity index (χ3v) is 4.90. The van der Waals surface area contributed by atoms with Crippen LogP contribution in [-0.2, 0) is 0 Å². The summed E-state index contributed by atoms with van der Waals surface area (Å²) < 4.78 is 3.63. The minimum Gasteiger partial charge on any atom is -0.315 e. The fraction of sp³-hybridized carbons (Fsp3) is 0.278. The van der Waals surface area contributed by atoms with Crippen LogP contribution in [0.25, 0.3) is 27.9 Å². The van der Waals surface area contributed by atoms with Crippen molar-refractivity contribution < 1.29 is 0 Å². The van der Waals surface area contributed by atoms with E-state index in [1.54, 1.807) is 4.57 Å². The van der Waals surface area contributed by atoms with Gasteiger partial charge in [-0.3, -0.25) is 4.57 Å². The molecule has 0 aliphatic carbocycles. The number of piperidine rings is 1. The van der Waals surface area contributed by atoms with Crippen LogP contribution in [-0.4, -0.2) is 37.2 Å². The molecule has 1 fully saturated rings. The molecule has 7 nitrogen and oxygen atoms in total. The van der Waals surface area contributed by atoms with E-state index < -0.39 is 0 Å². The zero-order chi connectivity index (χ0) is 16.8. The largest absolute Gasteiger partial charge is 0.327 e. The molecule has 2 N–H and O–H groups in total. The predicted octanol–water partition coefficient (Wildman–Crippen LogP) is 2.39. The minimum atomic E-state index is -0.0896. The van der Waals surface area contributed by atoms with E-state index >= 15 is 0 Å². The van der Waals surface area contributed by atoms with E-state index in [-0.39, 0.29) is 24.1 Å². The van der Waals surface area contributed by atoms with E-state index in [1.165, 1.54) is 0 Å². The van der Waals surface area contributed by atoms with Crippen molar-refractivity contribution in [1.82, 2.24) is 29.5 Å². The van der Waals surface area contributed by atoms with Crippen molar-refractivity contribution in [3.8, 4) is 11.3 Å². The quantitative estimate of drug-likeness (QED) is 0.567. The predicted molar refractivity (Wildman–Crippen MR) is 103 cm³/mol. The molecule has 1 atom stereocenters. The van der Waals surface area contributed by atoms with Gasteiger partial charge in [-0.05, 0) is 43.7 Å². The number of hydrogen-bond donors (Lipinski definition) is 2. The molecular weight excluding hydrogens is 352 g/mol. The topological polar surface area (TPSA) is 80.0 Å². The van der Waals surface area contributed by atoms with Gasteiger partial charge < -0.3 is 10.3 Å². The number of nitrogens with zero attached hydrogens (tertiary/aromatic N) is 4. The van der Waals surface area contributed by atoms with Crippen LogP contribution in [0.4, 0.5) is 0 Å². The first-order valence-electron chi connectivity index (χ1n) is 8.56. The summed E-state index contributed by atoms with van der Waals surface area (Å²) in [5.41, 5.74) is 4.18. The molecule has 4 aromatic rings. The summed E-state index contributed by atoms with van der Waals surface area (Å²) in [5.74, 6) is 0. The van der Waals surface area contributed by atoms with Crippen LogP contribution >= 0.6 is 12.4 Å². The number of aromatic amines is 1. The second kappa shape index (κ2) is 6.59. The number of H-pyrrole nitrogens is 1. The van der Waals surface area contributed by atoms with E-state index in [0.717, 1.165) is 48.2 Å². The van der Waals surface area contributed by atoms with E-state index in [0.29, 0.717) is 5.65 Å². The van der Waals surface area contributed by atoms with Crippen molar-refractivity contribution in [2.45, 2.75) is 18.9 Å². The van der Waals surface area contributed by atoms with E-state index in [4.69, 9.17) is 4.98 Å². The van der Waals surface area contributed by atoms with Crippen molar-refractivity contribution in [2.75, 3.05) is 13.1 Å². The van der Waals surface area contributed by atoms with Gasteiger partial charge in [0.25, 0.3) is 0 Å². The highest BCUT2D eigenvalue weighted by molar-refractivity contribution is 5.85. The highest BCUT2D eigenvalue weighted by atomic mass is 35.5. The maximum absolute atomic E-state index is 12.5. The van der Waals surface area contributed by atoms with Crippen LogP contribution in [0, 0.1) is 0 Å². The zero-order valence-corrected chi connectivity index (χ0v) is 14.9. The van der Waals surface area contributed by atoms with Gasteiger partial charge in [-0.25, -0.2) is 14.3 Å². The minimum absolute atomic E-state index is 0. The molecule has 1 aliphatic rings. The molecule has 4 aromatic heterocycles. The molecule has 8 heteroatoms. The highest BCUT2D eigenvalue weighted by Gasteiger charge is 2.21. The van der Waals surface area contributed by atoms with E-state index in [9.17, 15) is 4.79 Å². The summed E-state index contributed by atoms with van der Waals surface area (Å²) in [6.07, 6.45) is 5.79. The van der Waals surface area contributed by atoms with Crippen LogP contribution in [0.2, 0.25) is 0 Å². The number of imidazole rings is 1. The molecule has 1 saturated heterocycles. The smallest absolute Gasteiger partial charge is 0.315 e. The van der Waals surface area contributed by atoms with Crippen LogP contribution in [0.5, 0.6) is 0 Å². The average Bonchev–Trinajstić information content (AvgIpc) is 3.22. The van der Waals surface area contributed by atoms with E-state index in [1.807, 2.05) is 47.2 Å². The lowest BCUT2D eigenvalue weighted by atomic mass is 10.1. The lowest BCUT2D eigenvalue weighted by Gasteiger charge is -2.23. The molecule has 26 heavy (non-hydrogen) atoms. The SMILES string of the molecule is Cl.O=c1[nH]c2ccc(-c3cnn4ccccc34)nc2n1[C@H]1CCCNC1. The van der Waals surface area contributed by atoms with Gasteiger partial charge in [-0.15, -0.1) is 12.4 Å². The lowest BCUT2D eigenvalue weighted by molar-refractivity contribution is 0.370. The maximum atomic E-state index is 12.5. The second-order valence-corrected chi connectivity index (χ2v) is 6.46. The molecule has 0 radical (unpaired) electrons. The van der Waals surface area contributed by atoms with Crippen molar-refractivity contribution in [3.63, 3.8) is 0 Å². The fourth-order valence-electron chi connectivity index (χ4n) is 3.68. The van der Waals surface area contributed by atoms with Gasteiger partial charge >= 0.3 is 5.69 Å². The summed E-state index contributed by atoms with van der Waals surface area (Å²) in [5, 5.41) is 7.75. The summed E-state index contributed by atoms with van der Waals surface area (Å²) >= 11 is 0. The average molecular weight is 371 g/mol. The molecule has 0 unspecified atom stereocenters. The Morgan fingerprint density at radius 3 is 2.96 bits per heavy atom. The van der Waals surface area contributed by atoms with E-state index in [2.05, 4.69) is 15.4 Å².